The number of benzene rings is 1. The number of anilines is 1. The molecule has 0 aliphatic heterocycles. The number of hydrogen-bond acceptors (Lipinski definition) is 3. The molecule has 0 amide bonds. The molecule has 0 spiro atoms. The molecule has 0 unspecified atom stereocenters. The Hall–Kier alpha value is -1.97. The third kappa shape index (κ3) is 3.26. The van der Waals surface area contributed by atoms with Crippen LogP contribution in [0.5, 0.6) is 0 Å². The van der Waals surface area contributed by atoms with Crippen LogP contribution in [-0.2, 0) is 6.54 Å². The Morgan fingerprint density at radius 2 is 1.89 bits per heavy atom. The van der Waals surface area contributed by atoms with Gasteiger partial charge in [-0.2, -0.15) is 4.39 Å². The number of rotatable bonds is 4. The zero-order valence-corrected chi connectivity index (χ0v) is 10.5. The van der Waals surface area contributed by atoms with Crippen molar-refractivity contribution in [1.82, 2.24) is 9.97 Å². The van der Waals surface area contributed by atoms with Gasteiger partial charge in [0.1, 0.15) is 12.1 Å². The molecule has 18 heavy (non-hydrogen) atoms. The van der Waals surface area contributed by atoms with Gasteiger partial charge in [0.05, 0.1) is 0 Å². The van der Waals surface area contributed by atoms with E-state index in [1.54, 1.807) is 0 Å². The van der Waals surface area contributed by atoms with Gasteiger partial charge in [-0.3, -0.25) is 0 Å². The first-order valence-electron chi connectivity index (χ1n) is 5.95. The first kappa shape index (κ1) is 12.5. The molecule has 0 fully saturated rings. The Morgan fingerprint density at radius 1 is 1.17 bits per heavy atom. The van der Waals surface area contributed by atoms with Crippen LogP contribution in [0.1, 0.15) is 30.9 Å². The molecule has 4 heteroatoms. The molecule has 1 aromatic heterocycles. The van der Waals surface area contributed by atoms with Crippen molar-refractivity contribution in [1.29, 1.82) is 0 Å². The van der Waals surface area contributed by atoms with E-state index in [-0.39, 0.29) is 0 Å². The molecule has 0 bridgehead atoms. The highest BCUT2D eigenvalue weighted by molar-refractivity contribution is 5.34. The number of nitrogens with one attached hydrogen (secondary N) is 1. The van der Waals surface area contributed by atoms with Crippen molar-refractivity contribution in [2.24, 2.45) is 0 Å². The summed E-state index contributed by atoms with van der Waals surface area (Å²) in [5, 5.41) is 3.06. The van der Waals surface area contributed by atoms with Crippen LogP contribution in [0, 0.1) is 5.95 Å². The second-order valence-corrected chi connectivity index (χ2v) is 4.48. The van der Waals surface area contributed by atoms with Crippen LogP contribution in [0.2, 0.25) is 0 Å². The average molecular weight is 245 g/mol. The van der Waals surface area contributed by atoms with Crippen molar-refractivity contribution in [3.05, 3.63) is 53.7 Å². The van der Waals surface area contributed by atoms with Crippen LogP contribution < -0.4 is 5.32 Å². The van der Waals surface area contributed by atoms with Gasteiger partial charge in [0.15, 0.2) is 0 Å². The summed E-state index contributed by atoms with van der Waals surface area (Å²) >= 11 is 0. The van der Waals surface area contributed by atoms with E-state index < -0.39 is 5.95 Å². The quantitative estimate of drug-likeness (QED) is 0.839. The van der Waals surface area contributed by atoms with E-state index in [1.165, 1.54) is 18.0 Å². The van der Waals surface area contributed by atoms with Crippen molar-refractivity contribution >= 4 is 5.82 Å². The fourth-order valence-corrected chi connectivity index (χ4v) is 1.64. The molecule has 0 aliphatic rings. The van der Waals surface area contributed by atoms with Crippen LogP contribution in [0.3, 0.4) is 0 Å². The molecule has 1 N–H and O–H groups in total. The number of nitrogens with zero attached hydrogens (tertiary/aromatic N) is 2. The van der Waals surface area contributed by atoms with Gasteiger partial charge in [-0.25, -0.2) is 9.97 Å². The van der Waals surface area contributed by atoms with E-state index in [0.29, 0.717) is 18.3 Å². The molecular weight excluding hydrogens is 229 g/mol. The van der Waals surface area contributed by atoms with Crippen LogP contribution in [0.15, 0.2) is 36.7 Å². The highest BCUT2D eigenvalue weighted by Crippen LogP contribution is 2.15. The fourth-order valence-electron chi connectivity index (χ4n) is 1.64. The minimum Gasteiger partial charge on any atom is -0.366 e. The molecular formula is C14H16FN3. The molecule has 0 radical (unpaired) electrons. The van der Waals surface area contributed by atoms with E-state index >= 15 is 0 Å². The Kier molecular flexibility index (Phi) is 3.87. The van der Waals surface area contributed by atoms with Crippen molar-refractivity contribution in [2.45, 2.75) is 26.3 Å². The number of halogens is 1. The second-order valence-electron chi connectivity index (χ2n) is 4.48. The second kappa shape index (κ2) is 5.58. The molecule has 2 rings (SSSR count). The van der Waals surface area contributed by atoms with Crippen molar-refractivity contribution in [3.63, 3.8) is 0 Å². The zero-order valence-electron chi connectivity index (χ0n) is 10.5. The minimum atomic E-state index is -0.525. The summed E-state index contributed by atoms with van der Waals surface area (Å²) < 4.78 is 12.8. The first-order chi connectivity index (χ1) is 8.65. The van der Waals surface area contributed by atoms with Gasteiger partial charge < -0.3 is 5.32 Å². The molecule has 0 aliphatic carbocycles. The smallest absolute Gasteiger partial charge is 0.217 e. The van der Waals surface area contributed by atoms with Crippen LogP contribution in [0.25, 0.3) is 0 Å². The van der Waals surface area contributed by atoms with Gasteiger partial charge in [0.2, 0.25) is 5.95 Å². The SMILES string of the molecule is CC(C)c1ccc(CNc2cc(F)ncn2)cc1. The lowest BCUT2D eigenvalue weighted by molar-refractivity contribution is 0.580. The predicted molar refractivity (Wildman–Crippen MR) is 69.8 cm³/mol. The highest BCUT2D eigenvalue weighted by atomic mass is 19.1. The molecule has 1 heterocycles. The minimum absolute atomic E-state index is 0.496. The lowest BCUT2D eigenvalue weighted by atomic mass is 10.0. The molecule has 0 saturated heterocycles. The Bertz CT molecular complexity index is 509. The molecule has 94 valence electrons. The Labute approximate surface area is 106 Å². The normalized spacial score (nSPS) is 10.7. The van der Waals surface area contributed by atoms with Crippen molar-refractivity contribution in [3.8, 4) is 0 Å². The molecule has 0 saturated carbocycles. The third-order valence-electron chi connectivity index (χ3n) is 2.75. The number of hydrogen-bond donors (Lipinski definition) is 1. The molecule has 1 aromatic carbocycles. The van der Waals surface area contributed by atoms with Gasteiger partial charge in [-0.1, -0.05) is 38.1 Å². The summed E-state index contributed by atoms with van der Waals surface area (Å²) in [5.41, 5.74) is 2.45. The zero-order chi connectivity index (χ0) is 13.0. The summed E-state index contributed by atoms with van der Waals surface area (Å²) in [5.74, 6) is 0.501. The van der Waals surface area contributed by atoms with Gasteiger partial charge in [0, 0.05) is 12.6 Å². The maximum Gasteiger partial charge on any atom is 0.217 e. The summed E-state index contributed by atoms with van der Waals surface area (Å²) in [6.45, 7) is 4.95. The van der Waals surface area contributed by atoms with Crippen molar-refractivity contribution < 1.29 is 4.39 Å². The van der Waals surface area contributed by atoms with Crippen LogP contribution >= 0.6 is 0 Å². The van der Waals surface area contributed by atoms with Crippen molar-refractivity contribution in [2.75, 3.05) is 5.32 Å². The van der Waals surface area contributed by atoms with Gasteiger partial charge in [-0.05, 0) is 17.0 Å². The molecule has 2 aromatic rings. The summed E-state index contributed by atoms with van der Waals surface area (Å²) in [6.07, 6.45) is 1.21. The summed E-state index contributed by atoms with van der Waals surface area (Å²) in [4.78, 5) is 7.35. The Morgan fingerprint density at radius 3 is 2.50 bits per heavy atom. The van der Waals surface area contributed by atoms with E-state index in [0.717, 1.165) is 5.56 Å². The van der Waals surface area contributed by atoms with E-state index in [9.17, 15) is 4.39 Å². The fraction of sp³-hybridized carbons (Fsp3) is 0.286. The van der Waals surface area contributed by atoms with Gasteiger partial charge >= 0.3 is 0 Å². The molecule has 0 atom stereocenters. The van der Waals surface area contributed by atoms with E-state index in [4.69, 9.17) is 0 Å². The van der Waals surface area contributed by atoms with Gasteiger partial charge in [-0.15, -0.1) is 0 Å². The maximum atomic E-state index is 12.8. The van der Waals surface area contributed by atoms with E-state index in [1.807, 2.05) is 0 Å². The monoisotopic (exact) mass is 245 g/mol. The van der Waals surface area contributed by atoms with Gasteiger partial charge in [0.25, 0.3) is 0 Å². The predicted octanol–water partition coefficient (Wildman–Crippen LogP) is 3.35. The largest absolute Gasteiger partial charge is 0.366 e. The first-order valence-corrected chi connectivity index (χ1v) is 5.95. The third-order valence-corrected chi connectivity index (χ3v) is 2.75. The lowest BCUT2D eigenvalue weighted by Gasteiger charge is -2.08. The molecule has 3 nitrogen and oxygen atoms in total. The number of aromatic nitrogens is 2. The summed E-state index contributed by atoms with van der Waals surface area (Å²) in [6, 6.07) is 9.65. The van der Waals surface area contributed by atoms with Crippen LogP contribution in [-0.4, -0.2) is 9.97 Å². The standard InChI is InChI=1S/C14H16FN3/c1-10(2)12-5-3-11(4-6-12)8-16-14-7-13(15)17-9-18-14/h3-7,9-10H,8H2,1-2H3,(H,16,17,18). The highest BCUT2D eigenvalue weighted by Gasteiger charge is 2.00. The van der Waals surface area contributed by atoms with E-state index in [2.05, 4.69) is 53.4 Å². The van der Waals surface area contributed by atoms with Crippen LogP contribution in [0.4, 0.5) is 10.2 Å². The average Bonchev–Trinajstić information content (AvgIpc) is 2.37. The topological polar surface area (TPSA) is 37.8 Å². The lowest BCUT2D eigenvalue weighted by Crippen LogP contribution is -2.02. The summed E-state index contributed by atoms with van der Waals surface area (Å²) in [7, 11) is 0. The Balaban J connectivity index is 1.98. The maximum absolute atomic E-state index is 12.8.